The van der Waals surface area contributed by atoms with Gasteiger partial charge in [0.2, 0.25) is 0 Å². The van der Waals surface area contributed by atoms with Crippen LogP contribution in [0.15, 0.2) is 18.2 Å². The summed E-state index contributed by atoms with van der Waals surface area (Å²) in [7, 11) is 0. The van der Waals surface area contributed by atoms with E-state index < -0.39 is 0 Å². The molecule has 0 saturated carbocycles. The minimum atomic E-state index is -0.354. The average Bonchev–Trinajstić information content (AvgIpc) is 2.10. The molecule has 0 heterocycles. The minimum absolute atomic E-state index is 0.0451. The zero-order valence-electron chi connectivity index (χ0n) is 7.87. The van der Waals surface area contributed by atoms with Gasteiger partial charge in [0.1, 0.15) is 5.75 Å². The van der Waals surface area contributed by atoms with Crippen LogP contribution in [0.3, 0.4) is 0 Å². The van der Waals surface area contributed by atoms with Crippen LogP contribution >= 0.6 is 0 Å². The highest BCUT2D eigenvalue weighted by Gasteiger charge is 2.04. The molecular weight excluding hydrogens is 182 g/mol. The van der Waals surface area contributed by atoms with Crippen LogP contribution in [-0.4, -0.2) is 17.7 Å². The first-order valence-electron chi connectivity index (χ1n) is 4.27. The summed E-state index contributed by atoms with van der Waals surface area (Å²) in [5.74, 6) is -0.0451. The number of phenolic OH excluding ortho intramolecular Hbond substituents is 1. The van der Waals surface area contributed by atoms with Gasteiger partial charge < -0.3 is 21.5 Å². The lowest BCUT2D eigenvalue weighted by atomic mass is 10.2. The molecule has 76 valence electrons. The van der Waals surface area contributed by atoms with E-state index in [2.05, 4.69) is 10.6 Å². The first kappa shape index (κ1) is 10.2. The van der Waals surface area contributed by atoms with Crippen LogP contribution in [0, 0.1) is 0 Å². The van der Waals surface area contributed by atoms with Crippen molar-refractivity contribution < 1.29 is 9.90 Å². The molecule has 0 aromatic heterocycles. The number of hydrogen-bond acceptors (Lipinski definition) is 3. The van der Waals surface area contributed by atoms with E-state index in [-0.39, 0.29) is 11.8 Å². The maximum Gasteiger partial charge on any atom is 0.319 e. The highest BCUT2D eigenvalue weighted by Crippen LogP contribution is 2.24. The van der Waals surface area contributed by atoms with Crippen LogP contribution in [0.1, 0.15) is 6.92 Å². The van der Waals surface area contributed by atoms with Gasteiger partial charge in [0.05, 0.1) is 5.69 Å². The molecule has 0 fully saturated rings. The second kappa shape index (κ2) is 4.36. The summed E-state index contributed by atoms with van der Waals surface area (Å²) in [5, 5.41) is 14.4. The highest BCUT2D eigenvalue weighted by molar-refractivity contribution is 5.91. The number of rotatable bonds is 2. The van der Waals surface area contributed by atoms with Gasteiger partial charge in [-0.25, -0.2) is 4.79 Å². The summed E-state index contributed by atoms with van der Waals surface area (Å²) >= 11 is 0. The Morgan fingerprint density at radius 1 is 1.57 bits per heavy atom. The lowest BCUT2D eigenvalue weighted by Crippen LogP contribution is -2.28. The number of nitrogens with two attached hydrogens (primary N) is 1. The van der Waals surface area contributed by atoms with Crippen LogP contribution in [0.2, 0.25) is 0 Å². The second-order valence-electron chi connectivity index (χ2n) is 2.76. The van der Waals surface area contributed by atoms with Gasteiger partial charge in [-0.15, -0.1) is 0 Å². The summed E-state index contributed by atoms with van der Waals surface area (Å²) in [6.07, 6.45) is 0. The first-order chi connectivity index (χ1) is 6.63. The van der Waals surface area contributed by atoms with E-state index in [1.165, 1.54) is 6.07 Å². The first-order valence-corrected chi connectivity index (χ1v) is 4.27. The van der Waals surface area contributed by atoms with E-state index in [0.717, 1.165) is 0 Å². The van der Waals surface area contributed by atoms with E-state index >= 15 is 0 Å². The Labute approximate surface area is 81.9 Å². The molecule has 0 atom stereocenters. The third-order valence-electron chi connectivity index (χ3n) is 1.61. The fourth-order valence-electron chi connectivity index (χ4n) is 0.981. The quantitative estimate of drug-likeness (QED) is 0.421. The Hall–Kier alpha value is -1.91. The molecule has 0 radical (unpaired) electrons. The lowest BCUT2D eigenvalue weighted by molar-refractivity contribution is 0.252. The van der Waals surface area contributed by atoms with Crippen molar-refractivity contribution in [2.75, 3.05) is 17.6 Å². The van der Waals surface area contributed by atoms with E-state index in [1.54, 1.807) is 12.1 Å². The molecule has 1 rings (SSSR count). The average molecular weight is 195 g/mol. The van der Waals surface area contributed by atoms with Crippen molar-refractivity contribution in [1.82, 2.24) is 5.32 Å². The van der Waals surface area contributed by atoms with Gasteiger partial charge in [-0.05, 0) is 19.1 Å². The van der Waals surface area contributed by atoms with Gasteiger partial charge in [-0.3, -0.25) is 0 Å². The molecule has 1 aromatic carbocycles. The molecule has 14 heavy (non-hydrogen) atoms. The molecule has 0 aliphatic rings. The van der Waals surface area contributed by atoms with Gasteiger partial charge >= 0.3 is 6.03 Å². The molecule has 0 saturated heterocycles. The number of hydrogen-bond donors (Lipinski definition) is 4. The molecular formula is C9H13N3O2. The zero-order chi connectivity index (χ0) is 10.6. The summed E-state index contributed by atoms with van der Waals surface area (Å²) < 4.78 is 0. The predicted molar refractivity (Wildman–Crippen MR) is 55.2 cm³/mol. The molecule has 0 unspecified atom stereocenters. The van der Waals surface area contributed by atoms with Crippen molar-refractivity contribution in [2.24, 2.45) is 0 Å². The molecule has 2 amide bonds. The third-order valence-corrected chi connectivity index (χ3v) is 1.61. The number of carbonyl (C=O) groups excluding carboxylic acids is 1. The largest absolute Gasteiger partial charge is 0.506 e. The maximum atomic E-state index is 11.1. The standard InChI is InChI=1S/C9H13N3O2/c1-2-11-9(14)12-7-4-3-6(10)5-8(7)13/h3-5,13H,2,10H2,1H3,(H2,11,12,14). The van der Waals surface area contributed by atoms with Gasteiger partial charge in [0.15, 0.2) is 0 Å². The normalized spacial score (nSPS) is 9.50. The maximum absolute atomic E-state index is 11.1. The summed E-state index contributed by atoms with van der Waals surface area (Å²) in [4.78, 5) is 11.1. The minimum Gasteiger partial charge on any atom is -0.506 e. The van der Waals surface area contributed by atoms with E-state index in [4.69, 9.17) is 5.73 Å². The van der Waals surface area contributed by atoms with Crippen molar-refractivity contribution in [3.05, 3.63) is 18.2 Å². The van der Waals surface area contributed by atoms with Gasteiger partial charge in [0, 0.05) is 18.3 Å². The van der Waals surface area contributed by atoms with Crippen molar-refractivity contribution in [3.63, 3.8) is 0 Å². The monoisotopic (exact) mass is 195 g/mol. The van der Waals surface area contributed by atoms with Crippen molar-refractivity contribution in [1.29, 1.82) is 0 Å². The Bertz CT molecular complexity index is 339. The molecule has 5 heteroatoms. The summed E-state index contributed by atoms with van der Waals surface area (Å²) in [6, 6.07) is 4.16. The van der Waals surface area contributed by atoms with Gasteiger partial charge in [-0.1, -0.05) is 0 Å². The molecule has 5 N–H and O–H groups in total. The fraction of sp³-hybridized carbons (Fsp3) is 0.222. The number of carbonyl (C=O) groups is 1. The SMILES string of the molecule is CCNC(=O)Nc1ccc(N)cc1O. The highest BCUT2D eigenvalue weighted by atomic mass is 16.3. The molecule has 0 spiro atoms. The Balaban J connectivity index is 2.72. The predicted octanol–water partition coefficient (Wildman–Crippen LogP) is 1.12. The third kappa shape index (κ3) is 2.55. The molecule has 1 aromatic rings. The van der Waals surface area contributed by atoms with Crippen LogP contribution in [0.25, 0.3) is 0 Å². The number of nitrogens with one attached hydrogen (secondary N) is 2. The number of nitrogen functional groups attached to an aromatic ring is 1. The number of anilines is 2. The number of aromatic hydroxyl groups is 1. The van der Waals surface area contributed by atoms with Crippen LogP contribution in [0.4, 0.5) is 16.2 Å². The Morgan fingerprint density at radius 3 is 2.86 bits per heavy atom. The van der Waals surface area contributed by atoms with Crippen LogP contribution in [-0.2, 0) is 0 Å². The number of urea groups is 1. The fourth-order valence-corrected chi connectivity index (χ4v) is 0.981. The van der Waals surface area contributed by atoms with Crippen LogP contribution in [0.5, 0.6) is 5.75 Å². The number of benzene rings is 1. The Morgan fingerprint density at radius 2 is 2.29 bits per heavy atom. The second-order valence-corrected chi connectivity index (χ2v) is 2.76. The zero-order valence-corrected chi connectivity index (χ0v) is 7.87. The summed E-state index contributed by atoms with van der Waals surface area (Å²) in [5.41, 5.74) is 6.21. The number of amides is 2. The topological polar surface area (TPSA) is 87.4 Å². The van der Waals surface area contributed by atoms with E-state index in [0.29, 0.717) is 17.9 Å². The Kier molecular flexibility index (Phi) is 3.17. The van der Waals surface area contributed by atoms with Gasteiger partial charge in [-0.2, -0.15) is 0 Å². The van der Waals surface area contributed by atoms with Crippen molar-refractivity contribution >= 4 is 17.4 Å². The van der Waals surface area contributed by atoms with Gasteiger partial charge in [0.25, 0.3) is 0 Å². The molecule has 5 nitrogen and oxygen atoms in total. The molecule has 0 aliphatic heterocycles. The van der Waals surface area contributed by atoms with E-state index in [1.807, 2.05) is 6.92 Å². The summed E-state index contributed by atoms with van der Waals surface area (Å²) in [6.45, 7) is 2.34. The molecule has 0 aliphatic carbocycles. The molecule has 0 bridgehead atoms. The lowest BCUT2D eigenvalue weighted by Gasteiger charge is -2.07. The smallest absolute Gasteiger partial charge is 0.319 e. The van der Waals surface area contributed by atoms with Crippen molar-refractivity contribution in [2.45, 2.75) is 6.92 Å². The van der Waals surface area contributed by atoms with E-state index in [9.17, 15) is 9.90 Å². The number of phenols is 1. The van der Waals surface area contributed by atoms with Crippen molar-refractivity contribution in [3.8, 4) is 5.75 Å². The van der Waals surface area contributed by atoms with Crippen LogP contribution < -0.4 is 16.4 Å².